The number of aliphatic imine (C=N–C) groups is 1. The second-order valence-electron chi connectivity index (χ2n) is 7.95. The molecule has 0 radical (unpaired) electrons. The molecule has 3 aromatic carbocycles. The van der Waals surface area contributed by atoms with Gasteiger partial charge in [0, 0.05) is 0 Å². The van der Waals surface area contributed by atoms with Crippen LogP contribution in [0, 0.1) is 11.3 Å². The summed E-state index contributed by atoms with van der Waals surface area (Å²) in [4.78, 5) is 20.6. The number of carbonyl (C=O) groups excluding carboxylic acids is 1. The van der Waals surface area contributed by atoms with Crippen molar-refractivity contribution in [1.82, 2.24) is 0 Å². The van der Waals surface area contributed by atoms with Gasteiger partial charge in [-0.05, 0) is 99.7 Å². The van der Waals surface area contributed by atoms with E-state index in [0.717, 1.165) is 29.8 Å². The monoisotopic (exact) mass is 579 g/mol. The highest BCUT2D eigenvalue weighted by Gasteiger charge is 2.35. The molecule has 0 bridgehead atoms. The fourth-order valence-electron chi connectivity index (χ4n) is 3.63. The van der Waals surface area contributed by atoms with Crippen LogP contribution in [0.2, 0.25) is 5.02 Å². The number of hydrogen-bond acceptors (Lipinski definition) is 5. The van der Waals surface area contributed by atoms with Crippen LogP contribution >= 0.6 is 39.3 Å². The summed E-state index contributed by atoms with van der Waals surface area (Å²) in [5.74, 6) is 0.228. The Labute approximate surface area is 228 Å². The van der Waals surface area contributed by atoms with Crippen molar-refractivity contribution in [3.05, 3.63) is 91.8 Å². The first-order valence-corrected chi connectivity index (χ1v) is 13.4. The molecule has 0 aromatic heterocycles. The standard InChI is InChI=1S/C28H23BrClN3O2S/c1-3-18-5-9-21(10-6-18)32-28-33(22-11-7-19(4-2)8-12-22)27(34)25(36-28)17-20-15-23(29)26(24(30)16-20)35-14-13-31/h5-12,15-17H,3-4,14H2,1-2H3/b25-17-,32-28?. The normalized spacial score (nSPS) is 15.5. The lowest BCUT2D eigenvalue weighted by atomic mass is 10.1. The number of benzene rings is 3. The summed E-state index contributed by atoms with van der Waals surface area (Å²) in [6.07, 6.45) is 3.65. The molecular formula is C28H23BrClN3O2S. The lowest BCUT2D eigenvalue weighted by Crippen LogP contribution is -2.28. The maximum absolute atomic E-state index is 13.6. The number of nitriles is 1. The summed E-state index contributed by atoms with van der Waals surface area (Å²) in [5.41, 5.74) is 4.69. The van der Waals surface area contributed by atoms with Gasteiger partial charge in [0.25, 0.3) is 5.91 Å². The first-order chi connectivity index (χ1) is 17.4. The number of rotatable bonds is 7. The minimum Gasteiger partial charge on any atom is -0.476 e. The van der Waals surface area contributed by atoms with Crippen molar-refractivity contribution >= 4 is 67.8 Å². The van der Waals surface area contributed by atoms with E-state index in [-0.39, 0.29) is 12.5 Å². The quantitative estimate of drug-likeness (QED) is 0.266. The molecule has 5 nitrogen and oxygen atoms in total. The fourth-order valence-corrected chi connectivity index (χ4v) is 5.62. The average molecular weight is 581 g/mol. The minimum absolute atomic E-state index is 0.113. The van der Waals surface area contributed by atoms with Crippen molar-refractivity contribution in [2.24, 2.45) is 4.99 Å². The number of hydrogen-bond donors (Lipinski definition) is 0. The van der Waals surface area contributed by atoms with Gasteiger partial charge >= 0.3 is 0 Å². The largest absolute Gasteiger partial charge is 0.476 e. The van der Waals surface area contributed by atoms with Crippen molar-refractivity contribution in [1.29, 1.82) is 5.26 Å². The van der Waals surface area contributed by atoms with Gasteiger partial charge in [0.05, 0.1) is 25.8 Å². The molecule has 182 valence electrons. The van der Waals surface area contributed by atoms with E-state index in [9.17, 15) is 4.79 Å². The number of anilines is 1. The molecule has 1 amide bonds. The maximum atomic E-state index is 13.6. The smallest absolute Gasteiger partial charge is 0.271 e. The van der Waals surface area contributed by atoms with Crippen molar-refractivity contribution in [2.45, 2.75) is 26.7 Å². The molecule has 1 aliphatic rings. The molecule has 0 spiro atoms. The molecule has 0 saturated carbocycles. The van der Waals surface area contributed by atoms with E-state index in [0.29, 0.717) is 25.3 Å². The van der Waals surface area contributed by atoms with Crippen LogP contribution in [0.15, 0.2) is 75.0 Å². The van der Waals surface area contributed by atoms with Gasteiger partial charge in [-0.25, -0.2) is 4.99 Å². The Bertz CT molecular complexity index is 1360. The fraction of sp³-hybridized carbons (Fsp3) is 0.179. The lowest BCUT2D eigenvalue weighted by Gasteiger charge is -2.16. The van der Waals surface area contributed by atoms with E-state index < -0.39 is 0 Å². The Morgan fingerprint density at radius 2 is 1.72 bits per heavy atom. The molecule has 1 saturated heterocycles. The lowest BCUT2D eigenvalue weighted by molar-refractivity contribution is -0.113. The van der Waals surface area contributed by atoms with E-state index in [2.05, 4.69) is 29.8 Å². The van der Waals surface area contributed by atoms with Crippen molar-refractivity contribution in [3.8, 4) is 11.8 Å². The highest BCUT2D eigenvalue weighted by atomic mass is 79.9. The first-order valence-electron chi connectivity index (χ1n) is 11.4. The van der Waals surface area contributed by atoms with Crippen LogP contribution in [-0.4, -0.2) is 17.7 Å². The van der Waals surface area contributed by atoms with E-state index in [4.69, 9.17) is 26.6 Å². The van der Waals surface area contributed by atoms with Gasteiger partial charge < -0.3 is 4.74 Å². The number of carbonyl (C=O) groups is 1. The van der Waals surface area contributed by atoms with E-state index in [1.54, 1.807) is 23.1 Å². The average Bonchev–Trinajstić information content (AvgIpc) is 3.18. The molecule has 0 atom stereocenters. The van der Waals surface area contributed by atoms with Crippen LogP contribution in [0.5, 0.6) is 5.75 Å². The summed E-state index contributed by atoms with van der Waals surface area (Å²) in [6.45, 7) is 4.09. The molecule has 36 heavy (non-hydrogen) atoms. The Balaban J connectivity index is 1.73. The number of halogens is 2. The van der Waals surface area contributed by atoms with Crippen molar-refractivity contribution in [2.75, 3.05) is 11.5 Å². The molecule has 1 fully saturated rings. The van der Waals surface area contributed by atoms with Crippen LogP contribution in [0.1, 0.15) is 30.5 Å². The predicted octanol–water partition coefficient (Wildman–Crippen LogP) is 7.94. The van der Waals surface area contributed by atoms with Crippen LogP contribution in [0.4, 0.5) is 11.4 Å². The van der Waals surface area contributed by atoms with Crippen LogP contribution in [0.3, 0.4) is 0 Å². The summed E-state index contributed by atoms with van der Waals surface area (Å²) >= 11 is 11.2. The number of amides is 1. The first kappa shape index (κ1) is 26.0. The molecule has 0 N–H and O–H groups in total. The Kier molecular flexibility index (Phi) is 8.52. The third-order valence-electron chi connectivity index (χ3n) is 5.58. The summed E-state index contributed by atoms with van der Waals surface area (Å²) in [6, 6.07) is 21.4. The SMILES string of the molecule is CCc1ccc(N=C2S/C(=C\c3cc(Cl)c(OCC#N)c(Br)c3)C(=O)N2c2ccc(CC)cc2)cc1. The summed E-state index contributed by atoms with van der Waals surface area (Å²) < 4.78 is 6.00. The molecule has 0 aliphatic carbocycles. The molecule has 0 unspecified atom stereocenters. The number of amidine groups is 1. The Morgan fingerprint density at radius 1 is 1.08 bits per heavy atom. The third-order valence-corrected chi connectivity index (χ3v) is 7.42. The number of thioether (sulfide) groups is 1. The van der Waals surface area contributed by atoms with Crippen LogP contribution in [0.25, 0.3) is 6.08 Å². The molecule has 8 heteroatoms. The molecule has 3 aromatic rings. The molecule has 4 rings (SSSR count). The van der Waals surface area contributed by atoms with Gasteiger partial charge in [-0.1, -0.05) is 49.7 Å². The van der Waals surface area contributed by atoms with Crippen molar-refractivity contribution in [3.63, 3.8) is 0 Å². The highest BCUT2D eigenvalue weighted by Crippen LogP contribution is 2.40. The van der Waals surface area contributed by atoms with Crippen molar-refractivity contribution < 1.29 is 9.53 Å². The Morgan fingerprint density at radius 3 is 2.31 bits per heavy atom. The van der Waals surface area contributed by atoms with Crippen LogP contribution in [-0.2, 0) is 17.6 Å². The van der Waals surface area contributed by atoms with Crippen LogP contribution < -0.4 is 9.64 Å². The van der Waals surface area contributed by atoms with Gasteiger partial charge in [-0.15, -0.1) is 0 Å². The highest BCUT2D eigenvalue weighted by molar-refractivity contribution is 9.10. The molecule has 1 heterocycles. The van der Waals surface area contributed by atoms with E-state index in [1.807, 2.05) is 54.6 Å². The zero-order valence-corrected chi connectivity index (χ0v) is 23.0. The topological polar surface area (TPSA) is 65.7 Å². The zero-order valence-electron chi connectivity index (χ0n) is 19.8. The number of ether oxygens (including phenoxy) is 1. The second-order valence-corrected chi connectivity index (χ2v) is 10.2. The number of aryl methyl sites for hydroxylation is 2. The zero-order chi connectivity index (χ0) is 25.7. The van der Waals surface area contributed by atoms with Gasteiger partial charge in [-0.2, -0.15) is 5.26 Å². The summed E-state index contributed by atoms with van der Waals surface area (Å²) in [5, 5.41) is 9.72. The second kappa shape index (κ2) is 11.8. The van der Waals surface area contributed by atoms with Gasteiger partial charge in [0.15, 0.2) is 17.5 Å². The minimum atomic E-state index is -0.162. The number of nitrogens with zero attached hydrogens (tertiary/aromatic N) is 3. The summed E-state index contributed by atoms with van der Waals surface area (Å²) in [7, 11) is 0. The van der Waals surface area contributed by atoms with Gasteiger partial charge in [-0.3, -0.25) is 9.69 Å². The Hall–Kier alpha value is -3.05. The predicted molar refractivity (Wildman–Crippen MR) is 152 cm³/mol. The van der Waals surface area contributed by atoms with Gasteiger partial charge in [0.1, 0.15) is 6.07 Å². The molecule has 1 aliphatic heterocycles. The molecular weight excluding hydrogens is 558 g/mol. The van der Waals surface area contributed by atoms with E-state index in [1.165, 1.54) is 22.9 Å². The third kappa shape index (κ3) is 5.84. The van der Waals surface area contributed by atoms with Gasteiger partial charge in [0.2, 0.25) is 0 Å². The maximum Gasteiger partial charge on any atom is 0.271 e. The van der Waals surface area contributed by atoms with E-state index >= 15 is 0 Å².